The van der Waals surface area contributed by atoms with Crippen LogP contribution in [0, 0.1) is 0 Å². The summed E-state index contributed by atoms with van der Waals surface area (Å²) in [5.74, 6) is -0.0834. The van der Waals surface area contributed by atoms with Crippen LogP contribution in [-0.2, 0) is 6.54 Å². The average molecular weight is 260 g/mol. The molecule has 2 heterocycles. The number of nitrogens with one attached hydrogen (secondary N) is 1. The Kier molecular flexibility index (Phi) is 3.04. The highest BCUT2D eigenvalue weighted by Crippen LogP contribution is 2.23. The quantitative estimate of drug-likeness (QED) is 0.839. The minimum absolute atomic E-state index is 0.0834. The summed E-state index contributed by atoms with van der Waals surface area (Å²) in [6.07, 6.45) is 0. The summed E-state index contributed by atoms with van der Waals surface area (Å²) in [5.41, 5.74) is 2.50. The van der Waals surface area contributed by atoms with Gasteiger partial charge < -0.3 is 10.2 Å². The third-order valence-electron chi connectivity index (χ3n) is 2.93. The van der Waals surface area contributed by atoms with Crippen molar-refractivity contribution in [3.8, 4) is 0 Å². The second-order valence-electron chi connectivity index (χ2n) is 4.05. The lowest BCUT2D eigenvalue weighted by molar-refractivity contribution is 0.0983. The van der Waals surface area contributed by atoms with Crippen molar-refractivity contribution in [2.75, 3.05) is 18.0 Å². The van der Waals surface area contributed by atoms with Gasteiger partial charge >= 0.3 is 0 Å². The zero-order valence-electron chi connectivity index (χ0n) is 9.67. The van der Waals surface area contributed by atoms with Crippen LogP contribution >= 0.6 is 11.5 Å². The van der Waals surface area contributed by atoms with Crippen LogP contribution < -0.4 is 10.2 Å². The summed E-state index contributed by atoms with van der Waals surface area (Å²) in [5, 5.41) is 8.84. The molecule has 0 atom stereocenters. The number of para-hydroxylation sites is 1. The highest BCUT2D eigenvalue weighted by molar-refractivity contribution is 7.03. The van der Waals surface area contributed by atoms with Crippen molar-refractivity contribution >= 4 is 23.1 Å². The summed E-state index contributed by atoms with van der Waals surface area (Å²) in [7, 11) is 0. The Hall–Kier alpha value is -1.79. The smallest absolute Gasteiger partial charge is 0.279 e. The summed E-state index contributed by atoms with van der Waals surface area (Å²) >= 11 is 1.19. The lowest BCUT2D eigenvalue weighted by Crippen LogP contribution is -2.34. The van der Waals surface area contributed by atoms with E-state index in [2.05, 4.69) is 14.9 Å². The number of nitrogens with zero attached hydrogens (tertiary/aromatic N) is 3. The molecule has 6 heteroatoms. The molecule has 1 aliphatic heterocycles. The zero-order chi connectivity index (χ0) is 12.4. The second-order valence-corrected chi connectivity index (χ2v) is 4.66. The van der Waals surface area contributed by atoms with Crippen LogP contribution in [0.4, 0.5) is 5.69 Å². The highest BCUT2D eigenvalue weighted by Gasteiger charge is 2.23. The lowest BCUT2D eigenvalue weighted by Gasteiger charge is -2.21. The van der Waals surface area contributed by atoms with Gasteiger partial charge in [-0.1, -0.05) is 22.7 Å². The Labute approximate surface area is 109 Å². The summed E-state index contributed by atoms with van der Waals surface area (Å²) in [4.78, 5) is 14.1. The fourth-order valence-corrected chi connectivity index (χ4v) is 2.50. The van der Waals surface area contributed by atoms with Crippen LogP contribution in [0.3, 0.4) is 0 Å². The monoisotopic (exact) mass is 260 g/mol. The van der Waals surface area contributed by atoms with Gasteiger partial charge in [0.1, 0.15) is 0 Å². The molecule has 0 saturated heterocycles. The molecule has 5 nitrogen and oxygen atoms in total. The molecule has 1 aromatic heterocycles. The van der Waals surface area contributed by atoms with E-state index in [0.29, 0.717) is 12.2 Å². The third kappa shape index (κ3) is 2.00. The van der Waals surface area contributed by atoms with Gasteiger partial charge in [-0.2, -0.15) is 0 Å². The van der Waals surface area contributed by atoms with Crippen molar-refractivity contribution in [3.63, 3.8) is 0 Å². The van der Waals surface area contributed by atoms with E-state index in [1.165, 1.54) is 11.5 Å². The zero-order valence-corrected chi connectivity index (χ0v) is 10.5. The number of rotatable bonds is 1. The maximum absolute atomic E-state index is 12.4. The van der Waals surface area contributed by atoms with Gasteiger partial charge in [0.05, 0.1) is 0 Å². The predicted molar refractivity (Wildman–Crippen MR) is 69.7 cm³/mol. The van der Waals surface area contributed by atoms with Crippen molar-refractivity contribution < 1.29 is 4.79 Å². The maximum Gasteiger partial charge on any atom is 0.279 e. The first-order valence-corrected chi connectivity index (χ1v) is 6.57. The van der Waals surface area contributed by atoms with Crippen molar-refractivity contribution in [1.29, 1.82) is 0 Å². The maximum atomic E-state index is 12.4. The number of carbonyl (C=O) groups excluding carboxylic acids is 1. The minimum Gasteiger partial charge on any atom is -0.311 e. The molecule has 18 heavy (non-hydrogen) atoms. The van der Waals surface area contributed by atoms with Crippen molar-refractivity contribution in [2.45, 2.75) is 6.54 Å². The van der Waals surface area contributed by atoms with Crippen LogP contribution in [-0.4, -0.2) is 28.6 Å². The Bertz CT molecular complexity index is 555. The van der Waals surface area contributed by atoms with Crippen molar-refractivity contribution in [1.82, 2.24) is 14.9 Å². The molecular weight excluding hydrogens is 248 g/mol. The standard InChI is InChI=1S/C12H12N4OS/c17-12(10-8-18-15-14-10)16-6-5-13-7-9-3-1-2-4-11(9)16/h1-4,8,13H,5-7H2. The summed E-state index contributed by atoms with van der Waals surface area (Å²) in [6.45, 7) is 2.21. The van der Waals surface area contributed by atoms with E-state index >= 15 is 0 Å². The molecule has 1 amide bonds. The number of aromatic nitrogens is 2. The van der Waals surface area contributed by atoms with Crippen LogP contribution in [0.15, 0.2) is 29.6 Å². The Morgan fingerprint density at radius 2 is 2.28 bits per heavy atom. The number of carbonyl (C=O) groups is 1. The SMILES string of the molecule is O=C(c1csnn1)N1CCNCc2ccccc21. The molecule has 3 rings (SSSR count). The Morgan fingerprint density at radius 1 is 1.39 bits per heavy atom. The van der Waals surface area contributed by atoms with Gasteiger partial charge in [-0.15, -0.1) is 5.10 Å². The number of fused-ring (bicyclic) bond motifs is 1. The first-order chi connectivity index (χ1) is 8.86. The molecule has 0 radical (unpaired) electrons. The topological polar surface area (TPSA) is 58.1 Å². The van der Waals surface area contributed by atoms with E-state index in [9.17, 15) is 4.79 Å². The minimum atomic E-state index is -0.0834. The molecule has 0 aliphatic carbocycles. The van der Waals surface area contributed by atoms with Gasteiger partial charge in [0.15, 0.2) is 5.69 Å². The molecule has 92 valence electrons. The van der Waals surface area contributed by atoms with Gasteiger partial charge in [-0.25, -0.2) is 0 Å². The molecule has 0 spiro atoms. The highest BCUT2D eigenvalue weighted by atomic mass is 32.1. The van der Waals surface area contributed by atoms with E-state index in [4.69, 9.17) is 0 Å². The van der Waals surface area contributed by atoms with Gasteiger partial charge in [0.2, 0.25) is 0 Å². The van der Waals surface area contributed by atoms with Gasteiger partial charge in [0.25, 0.3) is 5.91 Å². The van der Waals surface area contributed by atoms with Crippen LogP contribution in [0.5, 0.6) is 0 Å². The molecule has 0 bridgehead atoms. The van der Waals surface area contributed by atoms with Gasteiger partial charge in [-0.05, 0) is 23.2 Å². The number of anilines is 1. The van der Waals surface area contributed by atoms with Crippen molar-refractivity contribution in [3.05, 3.63) is 40.9 Å². The Morgan fingerprint density at radius 3 is 3.11 bits per heavy atom. The van der Waals surface area contributed by atoms with Crippen LogP contribution in [0.1, 0.15) is 16.1 Å². The molecule has 1 aromatic carbocycles. The van der Waals surface area contributed by atoms with Gasteiger partial charge in [-0.3, -0.25) is 4.79 Å². The van der Waals surface area contributed by atoms with E-state index in [1.807, 2.05) is 24.3 Å². The first-order valence-electron chi connectivity index (χ1n) is 5.74. The van der Waals surface area contributed by atoms with Crippen LogP contribution in [0.2, 0.25) is 0 Å². The lowest BCUT2D eigenvalue weighted by atomic mass is 10.1. The fraction of sp³-hybridized carbons (Fsp3) is 0.250. The normalized spacial score (nSPS) is 15.0. The largest absolute Gasteiger partial charge is 0.311 e. The number of hydrogen-bond donors (Lipinski definition) is 1. The predicted octanol–water partition coefficient (Wildman–Crippen LogP) is 1.29. The number of amides is 1. The summed E-state index contributed by atoms with van der Waals surface area (Å²) < 4.78 is 3.75. The molecule has 1 N–H and O–H groups in total. The fourth-order valence-electron chi connectivity index (χ4n) is 2.07. The molecule has 0 saturated carbocycles. The van der Waals surface area contributed by atoms with Gasteiger partial charge in [0, 0.05) is 30.7 Å². The average Bonchev–Trinajstić information content (AvgIpc) is 2.85. The van der Waals surface area contributed by atoms with E-state index in [0.717, 1.165) is 24.3 Å². The second kappa shape index (κ2) is 4.83. The molecule has 0 unspecified atom stereocenters. The van der Waals surface area contributed by atoms with E-state index < -0.39 is 0 Å². The van der Waals surface area contributed by atoms with E-state index in [1.54, 1.807) is 10.3 Å². The number of hydrogen-bond acceptors (Lipinski definition) is 5. The molecule has 0 fully saturated rings. The number of benzene rings is 1. The summed E-state index contributed by atoms with van der Waals surface area (Å²) in [6, 6.07) is 7.94. The van der Waals surface area contributed by atoms with Crippen LogP contribution in [0.25, 0.3) is 0 Å². The first kappa shape index (κ1) is 11.3. The molecule has 2 aromatic rings. The third-order valence-corrected chi connectivity index (χ3v) is 3.44. The molecular formula is C12H12N4OS. The van der Waals surface area contributed by atoms with Crippen molar-refractivity contribution in [2.24, 2.45) is 0 Å². The Balaban J connectivity index is 1.99. The van der Waals surface area contributed by atoms with E-state index in [-0.39, 0.29) is 5.91 Å². The molecule has 1 aliphatic rings.